The molecular weight excluding hydrogens is 521 g/mol. The van der Waals surface area contributed by atoms with Crippen molar-refractivity contribution in [1.82, 2.24) is 0 Å². The summed E-state index contributed by atoms with van der Waals surface area (Å²) < 4.78 is 96.3. The van der Waals surface area contributed by atoms with Crippen molar-refractivity contribution < 1.29 is 34.7 Å². The van der Waals surface area contributed by atoms with E-state index in [1.807, 2.05) is 0 Å². The predicted octanol–water partition coefficient (Wildman–Crippen LogP) is 1.81. The minimum Gasteiger partial charge on any atom is -0.405 e. The van der Waals surface area contributed by atoms with Gasteiger partial charge in [0.2, 0.25) is 0 Å². The fraction of sp³-hybridized carbons (Fsp3) is 0.273. The van der Waals surface area contributed by atoms with Gasteiger partial charge in [0.25, 0.3) is 0 Å². The van der Waals surface area contributed by atoms with Crippen LogP contribution in [-0.2, 0) is 37.3 Å². The Bertz CT molecular complexity index is 1810. The zero-order chi connectivity index (χ0) is 27.4. The van der Waals surface area contributed by atoms with Gasteiger partial charge in [0.05, 0.1) is 15.4 Å². The number of nitrogens with zero attached hydrogens (tertiary/aromatic N) is 4. The maximum absolute atomic E-state index is 13.4. The third-order valence-corrected chi connectivity index (χ3v) is 7.99. The van der Waals surface area contributed by atoms with Crippen molar-refractivity contribution in [1.29, 1.82) is 10.5 Å². The summed E-state index contributed by atoms with van der Waals surface area (Å²) in [6.07, 6.45) is -5.04. The molecule has 0 atom stereocenters. The van der Waals surface area contributed by atoms with Gasteiger partial charge in [0.1, 0.15) is 36.6 Å². The maximum Gasteiger partial charge on any atom is 0.573 e. The van der Waals surface area contributed by atoms with E-state index in [0.29, 0.717) is 6.26 Å². The number of fused-ring (bicyclic) bond motifs is 2. The lowest BCUT2D eigenvalue weighted by molar-refractivity contribution is -0.290. The molecule has 0 heterocycles. The summed E-state index contributed by atoms with van der Waals surface area (Å²) in [6, 6.07) is 2.87. The normalized spacial score (nSPS) is 14.8. The van der Waals surface area contributed by atoms with Gasteiger partial charge in [-0.15, -0.1) is 13.2 Å². The van der Waals surface area contributed by atoms with Crippen molar-refractivity contribution in [3.8, 4) is 12.1 Å². The Morgan fingerprint density at radius 2 is 1.36 bits per heavy atom. The van der Waals surface area contributed by atoms with Gasteiger partial charge in [0, 0.05) is 34.9 Å². The predicted molar refractivity (Wildman–Crippen MR) is 117 cm³/mol. The summed E-state index contributed by atoms with van der Waals surface area (Å²) in [6.45, 7) is 15.9. The number of allylic oxidation sites excluding steroid dienone is 2. The molecule has 184 valence electrons. The van der Waals surface area contributed by atoms with Gasteiger partial charge in [-0.1, -0.05) is 0 Å². The molecule has 3 rings (SSSR count). The van der Waals surface area contributed by atoms with Gasteiger partial charge in [0.15, 0.2) is 19.7 Å². The van der Waals surface area contributed by atoms with Gasteiger partial charge in [-0.05, 0) is 30.0 Å². The van der Waals surface area contributed by atoms with Gasteiger partial charge in [-0.2, -0.15) is 20.2 Å². The third-order valence-electron chi connectivity index (χ3n) is 5.61. The topological polar surface area (TPSA) is 134 Å². The van der Waals surface area contributed by atoms with E-state index in [0.717, 1.165) is 6.26 Å². The van der Waals surface area contributed by atoms with Gasteiger partial charge < -0.3 is 4.74 Å². The van der Waals surface area contributed by atoms with Gasteiger partial charge in [-0.3, -0.25) is 0 Å². The molecule has 0 aliphatic heterocycles. The van der Waals surface area contributed by atoms with Gasteiger partial charge in [-0.25, -0.2) is 16.8 Å². The first-order valence-corrected chi connectivity index (χ1v) is 13.4. The smallest absolute Gasteiger partial charge is 0.405 e. The Morgan fingerprint density at radius 3 is 1.78 bits per heavy atom. The Morgan fingerprint density at radius 1 is 0.917 bits per heavy atom. The minimum atomic E-state index is -5.38. The van der Waals surface area contributed by atoms with Crippen molar-refractivity contribution in [2.45, 2.75) is 35.9 Å². The molecule has 0 N–H and O–H groups in total. The van der Waals surface area contributed by atoms with Crippen molar-refractivity contribution >= 4 is 31.0 Å². The van der Waals surface area contributed by atoms with Gasteiger partial charge >= 0.3 is 12.2 Å². The summed E-state index contributed by atoms with van der Waals surface area (Å²) in [5, 5.41) is 17.8. The molecule has 0 unspecified atom stereocenters. The van der Waals surface area contributed by atoms with E-state index in [1.54, 1.807) is 0 Å². The molecule has 36 heavy (non-hydrogen) atoms. The lowest BCUT2D eigenvalue weighted by Crippen LogP contribution is -2.32. The number of hydrogen-bond acceptors (Lipinski definition) is 7. The fourth-order valence-corrected chi connectivity index (χ4v) is 6.94. The standard InChI is InChI=1S/C22H13F3N4O5S2/c1-10-12(21(28-2)29-3)6-14-16(10)19(35(4,30)31)15-7-13(11(8-26)9-27)18(34-22(23,24)25)17(15)20(14)36(5,32)33/h6-7H2,1,4-5H3. The molecule has 2 aliphatic carbocycles. The largest absolute Gasteiger partial charge is 0.573 e. The highest BCUT2D eigenvalue weighted by molar-refractivity contribution is 7.91. The second kappa shape index (κ2) is 8.53. The van der Waals surface area contributed by atoms with Crippen molar-refractivity contribution in [2.75, 3.05) is 12.5 Å². The van der Waals surface area contributed by atoms with Crippen molar-refractivity contribution in [3.05, 3.63) is 66.9 Å². The molecule has 0 aromatic heterocycles. The Kier molecular flexibility index (Phi) is 6.28. The molecule has 0 saturated carbocycles. The first-order valence-electron chi connectivity index (χ1n) is 9.62. The summed E-state index contributed by atoms with van der Waals surface area (Å²) in [5.74, 6) is -1.61. The van der Waals surface area contributed by atoms with Crippen LogP contribution in [0.5, 0.6) is 0 Å². The van der Waals surface area contributed by atoms with E-state index in [-0.39, 0.29) is 27.5 Å². The van der Waals surface area contributed by atoms with E-state index in [2.05, 4.69) is 14.4 Å². The molecule has 0 amide bonds. The Hall–Kier alpha value is -4.11. The zero-order valence-corrected chi connectivity index (χ0v) is 20.3. The fourth-order valence-electron chi connectivity index (χ4n) is 4.46. The SMILES string of the molecule is [C-]#[N+]C([N+]#[C-])=C1Cc2c(S(C)(=O)=O)c3c(c(S(C)(=O)=O)c2=C1C)CC(=C(C#N)C#N)C=3OC(F)(F)F. The maximum atomic E-state index is 13.4. The molecule has 0 saturated heterocycles. The first kappa shape index (κ1) is 26.5. The van der Waals surface area contributed by atoms with E-state index in [9.17, 15) is 40.5 Å². The molecule has 0 radical (unpaired) electrons. The molecular formula is C22H13F3N4O5S2. The van der Waals surface area contributed by atoms with E-state index < -0.39 is 76.6 Å². The number of halogens is 3. The van der Waals surface area contributed by atoms with Crippen LogP contribution in [0.1, 0.15) is 18.1 Å². The second-order valence-corrected chi connectivity index (χ2v) is 11.8. The summed E-state index contributed by atoms with van der Waals surface area (Å²) in [5.41, 5.74) is -1.87. The highest BCUT2D eigenvalue weighted by Crippen LogP contribution is 2.38. The number of ether oxygens (including phenoxy) is 1. The number of hydrogen-bond donors (Lipinski definition) is 0. The van der Waals surface area contributed by atoms with Crippen molar-refractivity contribution in [2.24, 2.45) is 0 Å². The van der Waals surface area contributed by atoms with Crippen LogP contribution in [0.25, 0.3) is 21.0 Å². The van der Waals surface area contributed by atoms with Crippen LogP contribution in [0.15, 0.2) is 32.3 Å². The van der Waals surface area contributed by atoms with Crippen LogP contribution >= 0.6 is 0 Å². The van der Waals surface area contributed by atoms with Crippen LogP contribution in [0.3, 0.4) is 0 Å². The molecule has 0 spiro atoms. The summed E-state index contributed by atoms with van der Waals surface area (Å²) >= 11 is 0. The van der Waals surface area contributed by atoms with E-state index in [4.69, 9.17) is 13.1 Å². The van der Waals surface area contributed by atoms with Crippen LogP contribution in [-0.4, -0.2) is 35.7 Å². The van der Waals surface area contributed by atoms with E-state index in [1.165, 1.54) is 19.1 Å². The monoisotopic (exact) mass is 534 g/mol. The molecule has 0 fully saturated rings. The minimum absolute atomic E-state index is 0.0391. The molecule has 1 aromatic carbocycles. The highest BCUT2D eigenvalue weighted by atomic mass is 32.2. The number of benzene rings is 1. The number of rotatable bonds is 3. The van der Waals surface area contributed by atoms with Crippen LogP contribution in [0, 0.1) is 35.8 Å². The number of nitriles is 2. The quantitative estimate of drug-likeness (QED) is 0.427. The lowest BCUT2D eigenvalue weighted by atomic mass is 10.0. The highest BCUT2D eigenvalue weighted by Gasteiger charge is 2.42. The Balaban J connectivity index is 2.85. The van der Waals surface area contributed by atoms with E-state index >= 15 is 0 Å². The number of alkyl halides is 3. The Labute approximate surface area is 203 Å². The zero-order valence-electron chi connectivity index (χ0n) is 18.7. The lowest BCUT2D eigenvalue weighted by Gasteiger charge is -2.14. The average molecular weight is 534 g/mol. The number of sulfone groups is 2. The molecule has 2 aliphatic rings. The third kappa shape index (κ3) is 4.22. The summed E-state index contributed by atoms with van der Waals surface area (Å²) in [7, 11) is -8.67. The second-order valence-electron chi connectivity index (χ2n) is 7.87. The molecule has 14 heteroatoms. The van der Waals surface area contributed by atoms with Crippen LogP contribution in [0.2, 0.25) is 0 Å². The summed E-state index contributed by atoms with van der Waals surface area (Å²) in [4.78, 5) is 5.00. The molecule has 9 nitrogen and oxygen atoms in total. The molecule has 0 bridgehead atoms. The van der Waals surface area contributed by atoms with Crippen LogP contribution < -0.4 is 10.4 Å². The molecule has 1 aromatic rings. The first-order chi connectivity index (χ1) is 16.5. The van der Waals surface area contributed by atoms with Crippen molar-refractivity contribution in [3.63, 3.8) is 0 Å². The average Bonchev–Trinajstić information content (AvgIpc) is 3.24. The van der Waals surface area contributed by atoms with Crippen LogP contribution in [0.4, 0.5) is 13.2 Å².